The second-order valence-electron chi connectivity index (χ2n) is 5.99. The Bertz CT molecular complexity index is 1090. The van der Waals surface area contributed by atoms with Gasteiger partial charge in [-0.2, -0.15) is 0 Å². The molecule has 1 aromatic carbocycles. The van der Waals surface area contributed by atoms with Gasteiger partial charge in [-0.25, -0.2) is 18.1 Å². The quantitative estimate of drug-likeness (QED) is 0.537. The van der Waals surface area contributed by atoms with Crippen molar-refractivity contribution in [3.63, 3.8) is 0 Å². The smallest absolute Gasteiger partial charge is 0.244 e. The molecule has 0 atom stereocenters. The molecule has 29 heavy (non-hydrogen) atoms. The van der Waals surface area contributed by atoms with Crippen molar-refractivity contribution in [1.29, 1.82) is 0 Å². The van der Waals surface area contributed by atoms with Crippen LogP contribution < -0.4 is 10.0 Å². The molecule has 150 valence electrons. The van der Waals surface area contributed by atoms with E-state index in [9.17, 15) is 13.2 Å². The fourth-order valence-corrected chi connectivity index (χ4v) is 3.98. The highest BCUT2D eigenvalue weighted by Gasteiger charge is 2.10. The first-order valence-electron chi connectivity index (χ1n) is 8.83. The third-order valence-corrected chi connectivity index (χ3v) is 6.34. The largest absolute Gasteiger partial charge is 0.352 e. The number of sulfonamides is 1. The zero-order valence-corrected chi connectivity index (χ0v) is 17.3. The molecule has 2 N–H and O–H groups in total. The molecule has 0 aliphatic carbocycles. The third kappa shape index (κ3) is 5.80. The number of carbonyl (C=O) groups is 1. The Labute approximate surface area is 173 Å². The molecule has 1 amide bonds. The highest BCUT2D eigenvalue weighted by molar-refractivity contribution is 7.89. The van der Waals surface area contributed by atoms with Gasteiger partial charge in [-0.3, -0.25) is 9.78 Å². The van der Waals surface area contributed by atoms with E-state index in [1.807, 2.05) is 23.6 Å². The van der Waals surface area contributed by atoms with E-state index in [-0.39, 0.29) is 10.8 Å². The van der Waals surface area contributed by atoms with Crippen LogP contribution in [0.25, 0.3) is 17.5 Å². The molecule has 3 rings (SSSR count). The average Bonchev–Trinajstić information content (AvgIpc) is 3.22. The van der Waals surface area contributed by atoms with E-state index in [1.165, 1.54) is 36.6 Å². The molecule has 9 heteroatoms. The summed E-state index contributed by atoms with van der Waals surface area (Å²) in [6.45, 7) is 0.470. The summed E-state index contributed by atoms with van der Waals surface area (Å²) in [5.74, 6) is -0.224. The van der Waals surface area contributed by atoms with Gasteiger partial charge in [0.15, 0.2) is 0 Å². The standard InChI is InChI=1S/C20H20N4O3S2/c1-21-29(26,27)16-8-5-15(6-9-16)7-10-19(25)23-13-11-20-24-18(14-28-20)17-4-2-3-12-22-17/h2-10,12,14,21H,11,13H2,1H3,(H,23,25). The first kappa shape index (κ1) is 20.8. The Morgan fingerprint density at radius 1 is 1.14 bits per heavy atom. The summed E-state index contributed by atoms with van der Waals surface area (Å²) in [6.07, 6.45) is 5.41. The fraction of sp³-hybridized carbons (Fsp3) is 0.150. The van der Waals surface area contributed by atoms with Crippen LogP contribution in [0.1, 0.15) is 10.6 Å². The fourth-order valence-electron chi connectivity index (χ4n) is 2.46. The molecule has 0 radical (unpaired) electrons. The number of nitrogens with zero attached hydrogens (tertiary/aromatic N) is 2. The van der Waals surface area contributed by atoms with Gasteiger partial charge in [0, 0.05) is 30.6 Å². The van der Waals surface area contributed by atoms with Gasteiger partial charge in [0.05, 0.1) is 21.3 Å². The normalized spacial score (nSPS) is 11.6. The average molecular weight is 429 g/mol. The number of nitrogens with one attached hydrogen (secondary N) is 2. The minimum absolute atomic E-state index is 0.176. The number of benzene rings is 1. The first-order valence-corrected chi connectivity index (χ1v) is 11.2. The van der Waals surface area contributed by atoms with Crippen molar-refractivity contribution >= 4 is 33.3 Å². The summed E-state index contributed by atoms with van der Waals surface area (Å²) in [4.78, 5) is 21.0. The van der Waals surface area contributed by atoms with E-state index in [1.54, 1.807) is 24.4 Å². The third-order valence-electron chi connectivity index (χ3n) is 4.00. The Morgan fingerprint density at radius 3 is 2.62 bits per heavy atom. The van der Waals surface area contributed by atoms with Crippen LogP contribution in [0.5, 0.6) is 0 Å². The van der Waals surface area contributed by atoms with E-state index in [4.69, 9.17) is 0 Å². The van der Waals surface area contributed by atoms with Gasteiger partial charge in [0.25, 0.3) is 0 Å². The number of hydrogen-bond donors (Lipinski definition) is 2. The van der Waals surface area contributed by atoms with Gasteiger partial charge in [-0.15, -0.1) is 11.3 Å². The molecular formula is C20H20N4O3S2. The molecule has 0 aliphatic rings. The van der Waals surface area contributed by atoms with Crippen LogP contribution in [-0.4, -0.2) is 37.9 Å². The summed E-state index contributed by atoms with van der Waals surface area (Å²) < 4.78 is 25.6. The van der Waals surface area contributed by atoms with Gasteiger partial charge >= 0.3 is 0 Å². The van der Waals surface area contributed by atoms with E-state index in [0.29, 0.717) is 13.0 Å². The lowest BCUT2D eigenvalue weighted by Crippen LogP contribution is -2.23. The maximum atomic E-state index is 12.0. The van der Waals surface area contributed by atoms with E-state index < -0.39 is 10.0 Å². The molecule has 0 spiro atoms. The first-order chi connectivity index (χ1) is 14.0. The molecule has 0 fully saturated rings. The van der Waals surface area contributed by atoms with Crippen molar-refractivity contribution < 1.29 is 13.2 Å². The molecule has 0 saturated carbocycles. The van der Waals surface area contributed by atoms with Gasteiger partial charge in [-0.1, -0.05) is 18.2 Å². The Hall–Kier alpha value is -2.88. The lowest BCUT2D eigenvalue weighted by Gasteiger charge is -2.02. The van der Waals surface area contributed by atoms with Crippen LogP contribution in [0.4, 0.5) is 0 Å². The van der Waals surface area contributed by atoms with Crippen molar-refractivity contribution in [2.45, 2.75) is 11.3 Å². The van der Waals surface area contributed by atoms with Gasteiger partial charge in [0.1, 0.15) is 0 Å². The molecule has 2 heterocycles. The van der Waals surface area contributed by atoms with Crippen molar-refractivity contribution in [2.75, 3.05) is 13.6 Å². The molecule has 2 aromatic heterocycles. The summed E-state index contributed by atoms with van der Waals surface area (Å²) >= 11 is 1.54. The number of hydrogen-bond acceptors (Lipinski definition) is 6. The lowest BCUT2D eigenvalue weighted by atomic mass is 10.2. The van der Waals surface area contributed by atoms with Crippen molar-refractivity contribution in [3.05, 3.63) is 70.7 Å². The summed E-state index contributed by atoms with van der Waals surface area (Å²) in [6, 6.07) is 12.0. The molecule has 0 bridgehead atoms. The van der Waals surface area contributed by atoms with Crippen LogP contribution in [0, 0.1) is 0 Å². The number of carbonyl (C=O) groups excluding carboxylic acids is 1. The highest BCUT2D eigenvalue weighted by Crippen LogP contribution is 2.19. The maximum Gasteiger partial charge on any atom is 0.244 e. The number of thiazole rings is 1. The van der Waals surface area contributed by atoms with Crippen LogP contribution >= 0.6 is 11.3 Å². The molecule has 3 aromatic rings. The number of amides is 1. The monoisotopic (exact) mass is 428 g/mol. The Balaban J connectivity index is 1.48. The molecule has 0 aliphatic heterocycles. The van der Waals surface area contributed by atoms with Gasteiger partial charge in [0.2, 0.25) is 15.9 Å². The van der Waals surface area contributed by atoms with Gasteiger partial charge in [-0.05, 0) is 43.0 Å². The molecule has 0 saturated heterocycles. The minimum atomic E-state index is -3.46. The SMILES string of the molecule is CNS(=O)(=O)c1ccc(C=CC(=O)NCCc2nc(-c3ccccn3)cs2)cc1. The summed E-state index contributed by atoms with van der Waals surface area (Å²) in [5, 5.41) is 5.70. The topological polar surface area (TPSA) is 101 Å². The zero-order chi connectivity index (χ0) is 20.7. The highest BCUT2D eigenvalue weighted by atomic mass is 32.2. The van der Waals surface area contributed by atoms with E-state index in [0.717, 1.165) is 22.0 Å². The van der Waals surface area contributed by atoms with Crippen molar-refractivity contribution in [2.24, 2.45) is 0 Å². The van der Waals surface area contributed by atoms with Crippen molar-refractivity contribution in [3.8, 4) is 11.4 Å². The minimum Gasteiger partial charge on any atom is -0.352 e. The van der Waals surface area contributed by atoms with Crippen molar-refractivity contribution in [1.82, 2.24) is 20.0 Å². The predicted molar refractivity (Wildman–Crippen MR) is 114 cm³/mol. The second-order valence-corrected chi connectivity index (χ2v) is 8.82. The van der Waals surface area contributed by atoms with Crippen LogP contribution in [-0.2, 0) is 21.2 Å². The van der Waals surface area contributed by atoms with Crippen LogP contribution in [0.2, 0.25) is 0 Å². The zero-order valence-electron chi connectivity index (χ0n) is 15.7. The molecule has 7 nitrogen and oxygen atoms in total. The van der Waals surface area contributed by atoms with E-state index in [2.05, 4.69) is 20.0 Å². The predicted octanol–water partition coefficient (Wildman–Crippen LogP) is 2.49. The summed E-state index contributed by atoms with van der Waals surface area (Å²) in [7, 11) is -2.10. The Morgan fingerprint density at radius 2 is 1.93 bits per heavy atom. The van der Waals surface area contributed by atoms with Crippen LogP contribution in [0.15, 0.2) is 65.0 Å². The number of rotatable bonds is 8. The molecular weight excluding hydrogens is 408 g/mol. The second kappa shape index (κ2) is 9.55. The van der Waals surface area contributed by atoms with E-state index >= 15 is 0 Å². The summed E-state index contributed by atoms with van der Waals surface area (Å²) in [5.41, 5.74) is 2.39. The number of pyridine rings is 1. The lowest BCUT2D eigenvalue weighted by molar-refractivity contribution is -0.116. The number of aromatic nitrogens is 2. The molecule has 0 unspecified atom stereocenters. The maximum absolute atomic E-state index is 12.0. The van der Waals surface area contributed by atoms with Crippen LogP contribution in [0.3, 0.4) is 0 Å². The Kier molecular flexibility index (Phi) is 6.86. The van der Waals surface area contributed by atoms with Gasteiger partial charge < -0.3 is 5.32 Å².